The van der Waals surface area contributed by atoms with E-state index in [9.17, 15) is 0 Å². The van der Waals surface area contributed by atoms with Gasteiger partial charge in [0.15, 0.2) is 0 Å². The largest absolute Gasteiger partial charge is 0.365 e. The van der Waals surface area contributed by atoms with E-state index >= 15 is 0 Å². The maximum Gasteiger partial charge on any atom is 0.137 e. The molecule has 1 fully saturated rings. The van der Waals surface area contributed by atoms with Crippen molar-refractivity contribution < 1.29 is 4.74 Å². The summed E-state index contributed by atoms with van der Waals surface area (Å²) in [5.41, 5.74) is 0.945. The van der Waals surface area contributed by atoms with E-state index < -0.39 is 0 Å². The van der Waals surface area contributed by atoms with Crippen LogP contribution in [-0.2, 0) is 10.3 Å². The first kappa shape index (κ1) is 14.3. The Kier molecular flexibility index (Phi) is 4.06. The molecule has 1 aliphatic rings. The molecule has 0 amide bonds. The Labute approximate surface area is 126 Å². The highest BCUT2D eigenvalue weighted by Crippen LogP contribution is 2.47. The number of hydrogen-bond acceptors (Lipinski definition) is 3. The van der Waals surface area contributed by atoms with Crippen LogP contribution in [0.3, 0.4) is 0 Å². The molecule has 1 saturated carbocycles. The first-order chi connectivity index (χ1) is 10.2. The van der Waals surface area contributed by atoms with E-state index in [2.05, 4.69) is 54.3 Å². The molecule has 4 nitrogen and oxygen atoms in total. The Morgan fingerprint density at radius 1 is 1.24 bits per heavy atom. The fourth-order valence-electron chi connectivity index (χ4n) is 3.53. The van der Waals surface area contributed by atoms with Crippen molar-refractivity contribution in [2.45, 2.75) is 57.3 Å². The third kappa shape index (κ3) is 2.72. The zero-order valence-electron chi connectivity index (χ0n) is 12.8. The Balaban J connectivity index is 2.07. The lowest BCUT2D eigenvalue weighted by Crippen LogP contribution is -2.43. The molecular formula is C17H23N3O. The van der Waals surface area contributed by atoms with Crippen LogP contribution in [0, 0.1) is 0 Å². The maximum absolute atomic E-state index is 6.51. The predicted molar refractivity (Wildman–Crippen MR) is 81.9 cm³/mol. The lowest BCUT2D eigenvalue weighted by molar-refractivity contribution is -0.139. The van der Waals surface area contributed by atoms with Crippen molar-refractivity contribution in [2.24, 2.45) is 0 Å². The van der Waals surface area contributed by atoms with Gasteiger partial charge in [-0.25, -0.2) is 9.67 Å². The van der Waals surface area contributed by atoms with E-state index in [-0.39, 0.29) is 17.7 Å². The Hall–Kier alpha value is -1.68. The number of benzene rings is 1. The van der Waals surface area contributed by atoms with Gasteiger partial charge in [-0.2, -0.15) is 5.10 Å². The minimum Gasteiger partial charge on any atom is -0.365 e. The molecule has 0 bridgehead atoms. The van der Waals surface area contributed by atoms with Gasteiger partial charge in [0, 0.05) is 0 Å². The van der Waals surface area contributed by atoms with Gasteiger partial charge in [-0.3, -0.25) is 0 Å². The monoisotopic (exact) mass is 285 g/mol. The fraction of sp³-hybridized carbons (Fsp3) is 0.529. The zero-order valence-corrected chi connectivity index (χ0v) is 12.8. The smallest absolute Gasteiger partial charge is 0.137 e. The third-order valence-corrected chi connectivity index (χ3v) is 4.28. The highest BCUT2D eigenvalue weighted by molar-refractivity contribution is 5.25. The van der Waals surface area contributed by atoms with Gasteiger partial charge in [-0.05, 0) is 32.3 Å². The predicted octanol–water partition coefficient (Wildman–Crippen LogP) is 3.71. The lowest BCUT2D eigenvalue weighted by Gasteiger charge is -2.45. The number of nitrogens with zero attached hydrogens (tertiary/aromatic N) is 3. The minimum atomic E-state index is -0.304. The standard InChI is InChI=1S/C17H23N3O/c1-14(2)21-17(15-8-4-3-5-9-15)11-7-6-10-16(17)20-13-18-12-19-20/h3-5,8-9,12-14,16H,6-7,10-11H2,1-2H3. The summed E-state index contributed by atoms with van der Waals surface area (Å²) in [4.78, 5) is 4.13. The van der Waals surface area contributed by atoms with Crippen molar-refractivity contribution in [3.8, 4) is 0 Å². The zero-order chi connectivity index (χ0) is 14.7. The van der Waals surface area contributed by atoms with Crippen LogP contribution < -0.4 is 0 Å². The molecule has 112 valence electrons. The van der Waals surface area contributed by atoms with E-state index in [0.717, 1.165) is 12.8 Å². The summed E-state index contributed by atoms with van der Waals surface area (Å²) in [6.45, 7) is 4.22. The molecule has 0 saturated heterocycles. The molecule has 0 aliphatic heterocycles. The summed E-state index contributed by atoms with van der Waals surface area (Å²) < 4.78 is 8.49. The molecule has 0 N–H and O–H groups in total. The second kappa shape index (κ2) is 5.98. The Morgan fingerprint density at radius 2 is 2.05 bits per heavy atom. The Morgan fingerprint density at radius 3 is 2.71 bits per heavy atom. The molecule has 1 aromatic heterocycles. The van der Waals surface area contributed by atoms with E-state index in [1.54, 1.807) is 6.33 Å². The van der Waals surface area contributed by atoms with Gasteiger partial charge in [-0.1, -0.05) is 43.2 Å². The van der Waals surface area contributed by atoms with Gasteiger partial charge in [0.1, 0.15) is 18.3 Å². The van der Waals surface area contributed by atoms with Crippen LogP contribution in [0.5, 0.6) is 0 Å². The highest BCUT2D eigenvalue weighted by atomic mass is 16.5. The van der Waals surface area contributed by atoms with Crippen molar-refractivity contribution in [1.82, 2.24) is 14.8 Å². The van der Waals surface area contributed by atoms with Crippen LogP contribution in [0.15, 0.2) is 43.0 Å². The van der Waals surface area contributed by atoms with Gasteiger partial charge in [0.05, 0.1) is 12.1 Å². The lowest BCUT2D eigenvalue weighted by atomic mass is 9.75. The molecular weight excluding hydrogens is 262 g/mol. The van der Waals surface area contributed by atoms with Crippen molar-refractivity contribution in [3.63, 3.8) is 0 Å². The second-order valence-corrected chi connectivity index (χ2v) is 6.06. The molecule has 0 spiro atoms. The number of rotatable bonds is 4. The van der Waals surface area contributed by atoms with Crippen molar-refractivity contribution in [3.05, 3.63) is 48.5 Å². The third-order valence-electron chi connectivity index (χ3n) is 4.28. The van der Waals surface area contributed by atoms with Crippen molar-refractivity contribution in [1.29, 1.82) is 0 Å². The van der Waals surface area contributed by atoms with Gasteiger partial charge in [0.2, 0.25) is 0 Å². The maximum atomic E-state index is 6.51. The molecule has 2 aromatic rings. The molecule has 0 radical (unpaired) electrons. The SMILES string of the molecule is CC(C)OC1(c2ccccc2)CCCCC1n1cncn1. The summed E-state index contributed by atoms with van der Waals surface area (Å²) in [5, 5.41) is 4.39. The summed E-state index contributed by atoms with van der Waals surface area (Å²) >= 11 is 0. The van der Waals surface area contributed by atoms with Crippen LogP contribution in [0.1, 0.15) is 51.1 Å². The highest BCUT2D eigenvalue weighted by Gasteiger charge is 2.45. The molecule has 1 aliphatic carbocycles. The molecule has 1 aromatic carbocycles. The van der Waals surface area contributed by atoms with Crippen molar-refractivity contribution >= 4 is 0 Å². The molecule has 2 unspecified atom stereocenters. The van der Waals surface area contributed by atoms with Crippen LogP contribution in [0.4, 0.5) is 0 Å². The normalized spacial score (nSPS) is 26.1. The number of ether oxygens (including phenoxy) is 1. The van der Waals surface area contributed by atoms with Crippen LogP contribution >= 0.6 is 0 Å². The quantitative estimate of drug-likeness (QED) is 0.859. The van der Waals surface area contributed by atoms with E-state index in [4.69, 9.17) is 4.74 Å². The molecule has 4 heteroatoms. The van der Waals surface area contributed by atoms with E-state index in [1.807, 2.05) is 11.0 Å². The molecule has 3 rings (SSSR count). The average Bonchev–Trinajstić information content (AvgIpc) is 3.02. The minimum absolute atomic E-state index is 0.175. The molecule has 21 heavy (non-hydrogen) atoms. The molecule has 1 heterocycles. The van der Waals surface area contributed by atoms with E-state index in [1.165, 1.54) is 18.4 Å². The number of hydrogen-bond donors (Lipinski definition) is 0. The average molecular weight is 285 g/mol. The van der Waals surface area contributed by atoms with Gasteiger partial charge in [-0.15, -0.1) is 0 Å². The first-order valence-electron chi connectivity index (χ1n) is 7.80. The van der Waals surface area contributed by atoms with Crippen LogP contribution in [0.25, 0.3) is 0 Å². The molecule has 2 atom stereocenters. The summed E-state index contributed by atoms with van der Waals surface area (Å²) in [7, 11) is 0. The summed E-state index contributed by atoms with van der Waals surface area (Å²) in [6, 6.07) is 10.8. The van der Waals surface area contributed by atoms with E-state index in [0.29, 0.717) is 0 Å². The second-order valence-electron chi connectivity index (χ2n) is 6.06. The van der Waals surface area contributed by atoms with Gasteiger partial charge in [0.25, 0.3) is 0 Å². The van der Waals surface area contributed by atoms with Gasteiger partial charge >= 0.3 is 0 Å². The topological polar surface area (TPSA) is 39.9 Å². The summed E-state index contributed by atoms with van der Waals surface area (Å²) in [6.07, 6.45) is 8.10. The van der Waals surface area contributed by atoms with Gasteiger partial charge < -0.3 is 4.74 Å². The number of aromatic nitrogens is 3. The van der Waals surface area contributed by atoms with Crippen LogP contribution in [-0.4, -0.2) is 20.9 Å². The first-order valence-corrected chi connectivity index (χ1v) is 7.80. The Bertz CT molecular complexity index is 553. The van der Waals surface area contributed by atoms with Crippen molar-refractivity contribution in [2.75, 3.05) is 0 Å². The fourth-order valence-corrected chi connectivity index (χ4v) is 3.53. The van der Waals surface area contributed by atoms with Crippen LogP contribution in [0.2, 0.25) is 0 Å². The summed E-state index contributed by atoms with van der Waals surface area (Å²) in [5.74, 6) is 0.